The van der Waals surface area contributed by atoms with Crippen LogP contribution in [-0.4, -0.2) is 58.6 Å². The first-order valence-corrected chi connectivity index (χ1v) is 7.57. The van der Waals surface area contributed by atoms with E-state index in [1.807, 2.05) is 12.1 Å². The molecule has 1 aromatic rings. The van der Waals surface area contributed by atoms with Crippen LogP contribution in [0.2, 0.25) is 0 Å². The van der Waals surface area contributed by atoms with E-state index < -0.39 is 6.10 Å². The van der Waals surface area contributed by atoms with Crippen molar-refractivity contribution in [3.63, 3.8) is 0 Å². The Labute approximate surface area is 130 Å². The van der Waals surface area contributed by atoms with Crippen molar-refractivity contribution in [1.29, 1.82) is 0 Å². The Hall–Kier alpha value is -1.21. The van der Waals surface area contributed by atoms with Gasteiger partial charge >= 0.3 is 0 Å². The summed E-state index contributed by atoms with van der Waals surface area (Å²) in [6.07, 6.45) is 1.66. The van der Waals surface area contributed by atoms with Gasteiger partial charge in [-0.05, 0) is 25.0 Å². The average molecular weight is 310 g/mol. The minimum absolute atomic E-state index is 0.106. The topological polar surface area (TPSA) is 79.0 Å². The second kappa shape index (κ2) is 7.70. The second-order valence-electron chi connectivity index (χ2n) is 5.27. The number of thiocarbonyl (C=S) groups is 1. The lowest BCUT2D eigenvalue weighted by Crippen LogP contribution is -2.38. The Morgan fingerprint density at radius 3 is 2.76 bits per heavy atom. The Morgan fingerprint density at radius 2 is 2.14 bits per heavy atom. The van der Waals surface area contributed by atoms with Crippen LogP contribution in [0.5, 0.6) is 5.75 Å². The number of hydrogen-bond acceptors (Lipinski definition) is 5. The SMILES string of the molecule is NC(=S)c1ccccc1OCC(O)CN(CCO)C1CC1. The summed E-state index contributed by atoms with van der Waals surface area (Å²) in [5.74, 6) is 0.587. The van der Waals surface area contributed by atoms with E-state index >= 15 is 0 Å². The fourth-order valence-electron chi connectivity index (χ4n) is 2.30. The molecule has 6 heteroatoms. The maximum Gasteiger partial charge on any atom is 0.129 e. The summed E-state index contributed by atoms with van der Waals surface area (Å²) in [6, 6.07) is 7.76. The van der Waals surface area contributed by atoms with Crippen LogP contribution in [0.15, 0.2) is 24.3 Å². The number of hydrogen-bond donors (Lipinski definition) is 3. The molecule has 0 saturated heterocycles. The molecule has 1 unspecified atom stereocenters. The fraction of sp³-hybridized carbons (Fsp3) is 0.533. The summed E-state index contributed by atoms with van der Waals surface area (Å²) < 4.78 is 5.63. The van der Waals surface area contributed by atoms with Gasteiger partial charge in [-0.15, -0.1) is 0 Å². The van der Waals surface area contributed by atoms with Gasteiger partial charge in [0.2, 0.25) is 0 Å². The van der Waals surface area contributed by atoms with Gasteiger partial charge in [0.15, 0.2) is 0 Å². The first-order chi connectivity index (χ1) is 10.1. The molecule has 1 fully saturated rings. The molecule has 4 N–H and O–H groups in total. The van der Waals surface area contributed by atoms with Crippen LogP contribution in [0.4, 0.5) is 0 Å². The highest BCUT2D eigenvalue weighted by molar-refractivity contribution is 7.80. The zero-order valence-corrected chi connectivity index (χ0v) is 12.8. The summed E-state index contributed by atoms with van der Waals surface area (Å²) >= 11 is 4.98. The molecule has 2 rings (SSSR count). The van der Waals surface area contributed by atoms with E-state index in [-0.39, 0.29) is 18.2 Å². The third-order valence-electron chi connectivity index (χ3n) is 3.48. The van der Waals surface area contributed by atoms with E-state index in [1.54, 1.807) is 12.1 Å². The van der Waals surface area contributed by atoms with Crippen molar-refractivity contribution in [2.24, 2.45) is 5.73 Å². The molecule has 1 saturated carbocycles. The largest absolute Gasteiger partial charge is 0.490 e. The maximum absolute atomic E-state index is 10.1. The molecule has 0 bridgehead atoms. The van der Waals surface area contributed by atoms with Gasteiger partial charge in [-0.25, -0.2) is 0 Å². The highest BCUT2D eigenvalue weighted by atomic mass is 32.1. The van der Waals surface area contributed by atoms with Crippen molar-refractivity contribution in [3.05, 3.63) is 29.8 Å². The van der Waals surface area contributed by atoms with Crippen molar-refractivity contribution >= 4 is 17.2 Å². The minimum atomic E-state index is -0.614. The lowest BCUT2D eigenvalue weighted by atomic mass is 10.2. The molecular formula is C15H22N2O3S. The van der Waals surface area contributed by atoms with E-state index in [9.17, 15) is 5.11 Å². The van der Waals surface area contributed by atoms with E-state index in [0.717, 1.165) is 12.8 Å². The van der Waals surface area contributed by atoms with Crippen molar-refractivity contribution in [2.75, 3.05) is 26.3 Å². The van der Waals surface area contributed by atoms with Gasteiger partial charge in [-0.2, -0.15) is 0 Å². The number of aliphatic hydroxyl groups is 2. The van der Waals surface area contributed by atoms with Crippen molar-refractivity contribution in [3.8, 4) is 5.75 Å². The van der Waals surface area contributed by atoms with E-state index in [1.165, 1.54) is 0 Å². The second-order valence-corrected chi connectivity index (χ2v) is 5.71. The summed E-state index contributed by atoms with van der Waals surface area (Å²) in [4.78, 5) is 2.38. The average Bonchev–Trinajstić information content (AvgIpc) is 3.29. The molecule has 0 aliphatic heterocycles. The molecule has 1 aromatic carbocycles. The normalized spacial score (nSPS) is 16.0. The predicted octanol–water partition coefficient (Wildman–Crippen LogP) is 0.517. The van der Waals surface area contributed by atoms with E-state index in [4.69, 9.17) is 27.8 Å². The summed E-state index contributed by atoms with van der Waals surface area (Å²) in [5.41, 5.74) is 6.32. The highest BCUT2D eigenvalue weighted by Gasteiger charge is 2.29. The summed E-state index contributed by atoms with van der Waals surface area (Å²) in [6.45, 7) is 1.37. The number of para-hydroxylation sites is 1. The van der Waals surface area contributed by atoms with Crippen LogP contribution < -0.4 is 10.5 Å². The molecule has 21 heavy (non-hydrogen) atoms. The quantitative estimate of drug-likeness (QED) is 0.577. The lowest BCUT2D eigenvalue weighted by molar-refractivity contribution is 0.0587. The molecule has 116 valence electrons. The molecule has 5 nitrogen and oxygen atoms in total. The third-order valence-corrected chi connectivity index (χ3v) is 3.70. The molecule has 0 aromatic heterocycles. The first kappa shape index (κ1) is 16.2. The fourth-order valence-corrected chi connectivity index (χ4v) is 2.47. The Kier molecular flexibility index (Phi) is 5.93. The van der Waals surface area contributed by atoms with Gasteiger partial charge in [0.05, 0.1) is 12.2 Å². The van der Waals surface area contributed by atoms with E-state index in [0.29, 0.717) is 30.4 Å². The monoisotopic (exact) mass is 310 g/mol. The number of aliphatic hydroxyl groups excluding tert-OH is 2. The smallest absolute Gasteiger partial charge is 0.129 e. The van der Waals surface area contributed by atoms with Crippen LogP contribution in [-0.2, 0) is 0 Å². The molecule has 0 spiro atoms. The highest BCUT2D eigenvalue weighted by Crippen LogP contribution is 2.26. The van der Waals surface area contributed by atoms with Gasteiger partial charge in [0.25, 0.3) is 0 Å². The number of nitrogens with two attached hydrogens (primary N) is 1. The van der Waals surface area contributed by atoms with Gasteiger partial charge in [0, 0.05) is 19.1 Å². The lowest BCUT2D eigenvalue weighted by Gasteiger charge is -2.24. The van der Waals surface area contributed by atoms with Crippen LogP contribution in [0.25, 0.3) is 0 Å². The summed E-state index contributed by atoms with van der Waals surface area (Å²) in [5, 5.41) is 19.2. The zero-order valence-electron chi connectivity index (χ0n) is 11.9. The third kappa shape index (κ3) is 4.93. The van der Waals surface area contributed by atoms with Crippen LogP contribution in [0, 0.1) is 0 Å². The van der Waals surface area contributed by atoms with Crippen molar-refractivity contribution < 1.29 is 14.9 Å². The van der Waals surface area contributed by atoms with Crippen molar-refractivity contribution in [1.82, 2.24) is 4.90 Å². The Balaban J connectivity index is 1.86. The number of ether oxygens (including phenoxy) is 1. The van der Waals surface area contributed by atoms with Gasteiger partial charge < -0.3 is 20.7 Å². The minimum Gasteiger partial charge on any atom is -0.490 e. The molecule has 0 radical (unpaired) electrons. The first-order valence-electron chi connectivity index (χ1n) is 7.16. The summed E-state index contributed by atoms with van der Waals surface area (Å²) in [7, 11) is 0. The van der Waals surface area contributed by atoms with Gasteiger partial charge in [-0.1, -0.05) is 24.4 Å². The molecular weight excluding hydrogens is 288 g/mol. The van der Waals surface area contributed by atoms with Crippen molar-refractivity contribution in [2.45, 2.75) is 25.0 Å². The Morgan fingerprint density at radius 1 is 1.43 bits per heavy atom. The van der Waals surface area contributed by atoms with Crippen LogP contribution >= 0.6 is 12.2 Å². The van der Waals surface area contributed by atoms with E-state index in [2.05, 4.69) is 4.90 Å². The molecule has 1 aliphatic carbocycles. The predicted molar refractivity (Wildman–Crippen MR) is 85.5 cm³/mol. The standard InChI is InChI=1S/C15H22N2O3S/c16-15(21)13-3-1-2-4-14(13)20-10-12(19)9-17(7-8-18)11-5-6-11/h1-4,11-12,18-19H,5-10H2,(H2,16,21). The number of rotatable bonds is 9. The number of benzene rings is 1. The molecule has 1 aliphatic rings. The number of nitrogens with zero attached hydrogens (tertiary/aromatic N) is 1. The van der Waals surface area contributed by atoms with Crippen LogP contribution in [0.3, 0.4) is 0 Å². The maximum atomic E-state index is 10.1. The Bertz CT molecular complexity index is 480. The zero-order chi connectivity index (χ0) is 15.2. The van der Waals surface area contributed by atoms with Gasteiger partial charge in [-0.3, -0.25) is 4.90 Å². The van der Waals surface area contributed by atoms with Crippen LogP contribution in [0.1, 0.15) is 18.4 Å². The van der Waals surface area contributed by atoms with Gasteiger partial charge in [0.1, 0.15) is 23.4 Å². The molecule has 1 atom stereocenters. The molecule has 0 amide bonds. The molecule has 0 heterocycles.